The Balaban J connectivity index is 1.15. The molecular weight excluding hydrogens is 543 g/mol. The molecule has 0 atom stereocenters. The van der Waals surface area contributed by atoms with E-state index in [9.17, 15) is 18.0 Å². The van der Waals surface area contributed by atoms with Crippen LogP contribution in [0.2, 0.25) is 0 Å². The van der Waals surface area contributed by atoms with Crippen molar-refractivity contribution in [2.45, 2.75) is 19.1 Å². The number of carbonyl (C=O) groups is 1. The lowest BCUT2D eigenvalue weighted by molar-refractivity contribution is -0.137. The Morgan fingerprint density at radius 1 is 0.905 bits per heavy atom. The molecule has 210 valence electrons. The number of anilines is 2. The van der Waals surface area contributed by atoms with Crippen LogP contribution in [0.5, 0.6) is 0 Å². The van der Waals surface area contributed by atoms with Gasteiger partial charge in [0.15, 0.2) is 11.6 Å². The predicted octanol–water partition coefficient (Wildman–Crippen LogP) is 6.23. The van der Waals surface area contributed by atoms with E-state index in [-0.39, 0.29) is 18.9 Å². The lowest BCUT2D eigenvalue weighted by Crippen LogP contribution is -2.24. The molecule has 3 aromatic carbocycles. The molecule has 42 heavy (non-hydrogen) atoms. The Bertz CT molecular complexity index is 1830. The summed E-state index contributed by atoms with van der Waals surface area (Å²) in [5.74, 6) is 0.836. The number of aromatic nitrogens is 5. The van der Waals surface area contributed by atoms with E-state index >= 15 is 0 Å². The molecular formula is C31H24F3N7O. The van der Waals surface area contributed by atoms with Gasteiger partial charge in [-0.05, 0) is 65.7 Å². The number of hydrogen-bond acceptors (Lipinski definition) is 5. The fourth-order valence-corrected chi connectivity index (χ4v) is 4.67. The second-order valence-electron chi connectivity index (χ2n) is 9.61. The molecule has 11 heteroatoms. The fourth-order valence-electron chi connectivity index (χ4n) is 4.67. The first-order chi connectivity index (χ1) is 20.3. The third-order valence-electron chi connectivity index (χ3n) is 6.73. The van der Waals surface area contributed by atoms with Crippen LogP contribution in [-0.4, -0.2) is 30.2 Å². The molecule has 0 aliphatic carbocycles. The summed E-state index contributed by atoms with van der Waals surface area (Å²) < 4.78 is 42.8. The first-order valence-electron chi connectivity index (χ1n) is 13.0. The van der Waals surface area contributed by atoms with Crippen LogP contribution in [-0.2, 0) is 23.9 Å². The molecule has 3 aromatic heterocycles. The number of alkyl halides is 3. The highest BCUT2D eigenvalue weighted by Gasteiger charge is 2.30. The summed E-state index contributed by atoms with van der Waals surface area (Å²) >= 11 is 0. The number of fused-ring (bicyclic) bond motifs is 1. The topological polar surface area (TPSA) is 89.7 Å². The molecule has 6 rings (SSSR count). The van der Waals surface area contributed by atoms with Crippen LogP contribution < -0.4 is 10.6 Å². The van der Waals surface area contributed by atoms with E-state index in [1.807, 2.05) is 82.2 Å². The van der Waals surface area contributed by atoms with Crippen molar-refractivity contribution in [3.8, 4) is 11.5 Å². The Labute approximate surface area is 238 Å². The minimum atomic E-state index is -4.44. The first-order valence-corrected chi connectivity index (χ1v) is 13.0. The number of halogens is 3. The van der Waals surface area contributed by atoms with Crippen molar-refractivity contribution in [1.29, 1.82) is 0 Å². The smallest absolute Gasteiger partial charge is 0.352 e. The van der Waals surface area contributed by atoms with Crippen LogP contribution in [0.25, 0.3) is 22.4 Å². The normalized spacial score (nSPS) is 11.5. The zero-order chi connectivity index (χ0) is 29.1. The number of rotatable bonds is 8. The van der Waals surface area contributed by atoms with Crippen molar-refractivity contribution in [2.75, 3.05) is 5.32 Å². The van der Waals surface area contributed by atoms with E-state index < -0.39 is 11.7 Å². The van der Waals surface area contributed by atoms with Crippen LogP contribution in [0.4, 0.5) is 24.7 Å². The summed E-state index contributed by atoms with van der Waals surface area (Å²) in [5, 5.41) is 15.6. The largest absolute Gasteiger partial charge is 0.416 e. The van der Waals surface area contributed by atoms with E-state index in [4.69, 9.17) is 0 Å². The van der Waals surface area contributed by atoms with E-state index in [0.717, 1.165) is 40.0 Å². The molecule has 0 spiro atoms. The number of para-hydroxylation sites is 1. The van der Waals surface area contributed by atoms with Crippen LogP contribution in [0.1, 0.15) is 16.7 Å². The minimum absolute atomic E-state index is 0.00633. The van der Waals surface area contributed by atoms with Gasteiger partial charge in [-0.25, -0.2) is 4.98 Å². The van der Waals surface area contributed by atoms with Gasteiger partial charge in [-0.15, -0.1) is 10.2 Å². The Hall–Kier alpha value is -5.45. The lowest BCUT2D eigenvalue weighted by Gasteiger charge is -2.09. The molecule has 0 saturated heterocycles. The van der Waals surface area contributed by atoms with Crippen LogP contribution in [0.3, 0.4) is 0 Å². The van der Waals surface area contributed by atoms with Crippen molar-refractivity contribution in [3.63, 3.8) is 0 Å². The molecule has 0 fully saturated rings. The van der Waals surface area contributed by atoms with E-state index in [2.05, 4.69) is 25.8 Å². The summed E-state index contributed by atoms with van der Waals surface area (Å²) in [6.07, 6.45) is 2.77. The fraction of sp³-hybridized carbons (Fsp3) is 0.0968. The molecule has 0 aliphatic heterocycles. The van der Waals surface area contributed by atoms with Gasteiger partial charge < -0.3 is 15.2 Å². The molecule has 0 radical (unpaired) electrons. The predicted molar refractivity (Wildman–Crippen MR) is 153 cm³/mol. The molecule has 0 aliphatic rings. The summed E-state index contributed by atoms with van der Waals surface area (Å²) in [7, 11) is 0. The van der Waals surface area contributed by atoms with Crippen molar-refractivity contribution in [2.24, 2.45) is 0 Å². The lowest BCUT2D eigenvalue weighted by atomic mass is 10.1. The van der Waals surface area contributed by atoms with Gasteiger partial charge in [0.05, 0.1) is 23.8 Å². The summed E-state index contributed by atoms with van der Waals surface area (Å²) in [6.45, 7) is -0.00633. The standard InChI is InChI=1S/C31H24F3N7O/c32-31(33,34)23-5-3-4-21(16-23)18-36-30(42)17-22-19-41(27-7-2-1-6-26(22)27)29-13-12-28(38-39-29)37-24-8-10-25(11-9-24)40-15-14-35-20-40/h1-16,19-20H,17-18H2,(H,36,42)(H,37,38). The van der Waals surface area contributed by atoms with E-state index in [1.54, 1.807) is 18.6 Å². The van der Waals surface area contributed by atoms with Gasteiger partial charge in [0, 0.05) is 41.9 Å². The maximum absolute atomic E-state index is 13.0. The number of nitrogens with zero attached hydrogens (tertiary/aromatic N) is 5. The summed E-state index contributed by atoms with van der Waals surface area (Å²) in [4.78, 5) is 16.8. The SMILES string of the molecule is O=C(Cc1cn(-c2ccc(Nc3ccc(-n4ccnc4)cc3)nn2)c2ccccc12)NCc1cccc(C(F)(F)F)c1. The van der Waals surface area contributed by atoms with Crippen molar-refractivity contribution in [3.05, 3.63) is 127 Å². The quantitative estimate of drug-likeness (QED) is 0.228. The number of amides is 1. The zero-order valence-electron chi connectivity index (χ0n) is 22.1. The van der Waals surface area contributed by atoms with Gasteiger partial charge in [0.25, 0.3) is 0 Å². The van der Waals surface area contributed by atoms with E-state index in [1.165, 1.54) is 6.07 Å². The van der Waals surface area contributed by atoms with Gasteiger partial charge in [0.2, 0.25) is 5.91 Å². The number of imidazole rings is 1. The molecule has 1 amide bonds. The molecule has 2 N–H and O–H groups in total. The average molecular weight is 568 g/mol. The highest BCUT2D eigenvalue weighted by molar-refractivity contribution is 5.90. The Morgan fingerprint density at radius 2 is 1.74 bits per heavy atom. The van der Waals surface area contributed by atoms with Gasteiger partial charge in [-0.3, -0.25) is 9.36 Å². The second-order valence-corrected chi connectivity index (χ2v) is 9.61. The van der Waals surface area contributed by atoms with Gasteiger partial charge in [-0.1, -0.05) is 30.3 Å². The maximum Gasteiger partial charge on any atom is 0.416 e. The number of nitrogens with one attached hydrogen (secondary N) is 2. The number of carbonyl (C=O) groups excluding carboxylic acids is 1. The van der Waals surface area contributed by atoms with Crippen molar-refractivity contribution < 1.29 is 18.0 Å². The summed E-state index contributed by atoms with van der Waals surface area (Å²) in [5.41, 5.74) is 3.07. The molecule has 0 bridgehead atoms. The molecule has 3 heterocycles. The zero-order valence-corrected chi connectivity index (χ0v) is 22.1. The summed E-state index contributed by atoms with van der Waals surface area (Å²) in [6, 6.07) is 24.0. The third-order valence-corrected chi connectivity index (χ3v) is 6.73. The highest BCUT2D eigenvalue weighted by atomic mass is 19.4. The van der Waals surface area contributed by atoms with Crippen molar-refractivity contribution in [1.82, 2.24) is 29.6 Å². The maximum atomic E-state index is 13.0. The molecule has 0 unspecified atom stereocenters. The number of hydrogen-bond donors (Lipinski definition) is 2. The van der Waals surface area contributed by atoms with E-state index in [0.29, 0.717) is 17.2 Å². The van der Waals surface area contributed by atoms with Crippen LogP contribution in [0, 0.1) is 0 Å². The minimum Gasteiger partial charge on any atom is -0.352 e. The Kier molecular flexibility index (Phi) is 7.14. The second kappa shape index (κ2) is 11.2. The van der Waals surface area contributed by atoms with Crippen LogP contribution in [0.15, 0.2) is 110 Å². The Morgan fingerprint density at radius 3 is 2.48 bits per heavy atom. The average Bonchev–Trinajstić information content (AvgIpc) is 3.66. The highest BCUT2D eigenvalue weighted by Crippen LogP contribution is 2.30. The molecule has 0 saturated carbocycles. The molecule has 8 nitrogen and oxygen atoms in total. The first kappa shape index (κ1) is 26.8. The van der Waals surface area contributed by atoms with Gasteiger partial charge in [0.1, 0.15) is 0 Å². The van der Waals surface area contributed by atoms with Gasteiger partial charge >= 0.3 is 6.18 Å². The molecule has 6 aromatic rings. The third kappa shape index (κ3) is 5.85. The van der Waals surface area contributed by atoms with Crippen molar-refractivity contribution >= 4 is 28.3 Å². The van der Waals surface area contributed by atoms with Gasteiger partial charge in [-0.2, -0.15) is 13.2 Å². The monoisotopic (exact) mass is 567 g/mol. The number of benzene rings is 3. The van der Waals surface area contributed by atoms with Crippen LogP contribution >= 0.6 is 0 Å².